The van der Waals surface area contributed by atoms with Crippen LogP contribution in [0.15, 0.2) is 52.3 Å². The minimum Gasteiger partial charge on any atom is -0.311 e. The number of likely N-dealkylation sites (N-methyl/N-ethyl adjacent to an activating group) is 1. The van der Waals surface area contributed by atoms with Crippen molar-refractivity contribution in [2.24, 2.45) is 0 Å². The number of halogens is 4. The quantitative estimate of drug-likeness (QED) is 0.423. The molecule has 3 heterocycles. The predicted molar refractivity (Wildman–Crippen MR) is 126 cm³/mol. The number of sulfonamides is 1. The molecule has 0 bridgehead atoms. The first-order chi connectivity index (χ1) is 17.8. The maximum Gasteiger partial charge on any atom is 0.493 e. The Bertz CT molecular complexity index is 1510. The highest BCUT2D eigenvalue weighted by molar-refractivity contribution is 7.89. The molecule has 1 aromatic carbocycles. The lowest BCUT2D eigenvalue weighted by Gasteiger charge is -2.31. The van der Waals surface area contributed by atoms with Crippen LogP contribution in [0.4, 0.5) is 17.6 Å². The van der Waals surface area contributed by atoms with Gasteiger partial charge < -0.3 is 9.74 Å². The Labute approximate surface area is 214 Å². The Morgan fingerprint density at radius 1 is 1.08 bits per heavy atom. The van der Waals surface area contributed by atoms with E-state index in [9.17, 15) is 35.6 Å². The summed E-state index contributed by atoms with van der Waals surface area (Å²) < 4.78 is 81.0. The molecule has 15 heteroatoms. The van der Waals surface area contributed by atoms with E-state index in [1.54, 1.807) is 0 Å². The summed E-state index contributed by atoms with van der Waals surface area (Å²) in [6.07, 6.45) is -4.73. The van der Waals surface area contributed by atoms with Crippen LogP contribution in [0.1, 0.15) is 16.8 Å². The van der Waals surface area contributed by atoms with Gasteiger partial charge in [-0.15, -0.1) is 4.85 Å². The van der Waals surface area contributed by atoms with Crippen LogP contribution in [0.25, 0.3) is 5.82 Å². The molecule has 0 spiro atoms. The van der Waals surface area contributed by atoms with Crippen molar-refractivity contribution in [2.75, 3.05) is 33.2 Å². The van der Waals surface area contributed by atoms with Crippen molar-refractivity contribution in [3.05, 3.63) is 75.6 Å². The fourth-order valence-corrected chi connectivity index (χ4v) is 5.30. The first-order valence-electron chi connectivity index (χ1n) is 11.3. The van der Waals surface area contributed by atoms with E-state index in [0.29, 0.717) is 22.6 Å². The lowest BCUT2D eigenvalue weighted by molar-refractivity contribution is -0.202. The molecule has 204 valence electrons. The second-order valence-electron chi connectivity index (χ2n) is 8.66. The highest BCUT2D eigenvalue weighted by Gasteiger charge is 2.43. The summed E-state index contributed by atoms with van der Waals surface area (Å²) in [5.41, 5.74) is -1.20. The van der Waals surface area contributed by atoms with E-state index in [0.717, 1.165) is 24.4 Å². The normalized spacial score (nSPS) is 15.5. The number of hydrogen-bond donors (Lipinski definition) is 0. The van der Waals surface area contributed by atoms with Gasteiger partial charge in [0, 0.05) is 44.4 Å². The van der Waals surface area contributed by atoms with Gasteiger partial charge in [0.25, 0.3) is 5.56 Å². The van der Waals surface area contributed by atoms with Crippen LogP contribution >= 0.6 is 0 Å². The summed E-state index contributed by atoms with van der Waals surface area (Å²) in [4.78, 5) is 35.5. The molecular formula is C23H23F4N5O5S. The maximum atomic E-state index is 14.2. The average Bonchev–Trinajstić information content (AvgIpc) is 3.09. The van der Waals surface area contributed by atoms with E-state index < -0.39 is 33.5 Å². The molecule has 3 aromatic rings. The summed E-state index contributed by atoms with van der Waals surface area (Å²) in [5.74, 6) is -3.56. The first-order valence-corrected chi connectivity index (χ1v) is 12.8. The van der Waals surface area contributed by atoms with E-state index in [2.05, 4.69) is 9.82 Å². The molecule has 4 rings (SSSR count). The molecule has 38 heavy (non-hydrogen) atoms. The third-order valence-electron chi connectivity index (χ3n) is 6.12. The molecule has 0 radical (unpaired) electrons. The van der Waals surface area contributed by atoms with Crippen molar-refractivity contribution >= 4 is 16.0 Å². The van der Waals surface area contributed by atoms with Crippen LogP contribution in [0, 0.1) is 12.7 Å². The van der Waals surface area contributed by atoms with Crippen LogP contribution < -0.4 is 10.4 Å². The Balaban J connectivity index is 1.76. The number of piperazine rings is 1. The summed E-state index contributed by atoms with van der Waals surface area (Å²) in [7, 11) is -2.05. The van der Waals surface area contributed by atoms with E-state index in [1.807, 2.05) is 11.9 Å². The Kier molecular flexibility index (Phi) is 7.45. The highest BCUT2D eigenvalue weighted by Crippen LogP contribution is 2.21. The van der Waals surface area contributed by atoms with E-state index in [1.165, 1.54) is 29.4 Å². The molecule has 0 atom stereocenters. The second kappa shape index (κ2) is 10.3. The molecule has 1 fully saturated rings. The number of hydrogen-bond acceptors (Lipinski definition) is 7. The molecule has 1 aliphatic heterocycles. The van der Waals surface area contributed by atoms with Gasteiger partial charge in [-0.05, 0) is 37.7 Å². The van der Waals surface area contributed by atoms with Gasteiger partial charge in [0.2, 0.25) is 10.0 Å². The number of nitrogens with zero attached hydrogens (tertiary/aromatic N) is 5. The zero-order valence-corrected chi connectivity index (χ0v) is 21.1. The van der Waals surface area contributed by atoms with Gasteiger partial charge in [-0.25, -0.2) is 22.6 Å². The Hall–Kier alpha value is -3.56. The molecule has 2 aromatic heterocycles. The highest BCUT2D eigenvalue weighted by atomic mass is 32.2. The largest absolute Gasteiger partial charge is 0.493 e. The minimum atomic E-state index is -5.38. The average molecular weight is 558 g/mol. The molecule has 0 N–H and O–H groups in total. The van der Waals surface area contributed by atoms with Gasteiger partial charge in [-0.3, -0.25) is 4.79 Å². The van der Waals surface area contributed by atoms with Gasteiger partial charge in [-0.2, -0.15) is 22.2 Å². The first kappa shape index (κ1) is 27.5. The Morgan fingerprint density at radius 3 is 2.32 bits per heavy atom. The zero-order valence-electron chi connectivity index (χ0n) is 20.3. The summed E-state index contributed by atoms with van der Waals surface area (Å²) in [5, 5.41) is 0. The number of rotatable bonds is 6. The molecule has 0 unspecified atom stereocenters. The second-order valence-corrected chi connectivity index (χ2v) is 10.6. The van der Waals surface area contributed by atoms with E-state index >= 15 is 0 Å². The van der Waals surface area contributed by atoms with Crippen LogP contribution in [0.5, 0.6) is 0 Å². The number of carbonyl (C=O) groups is 1. The van der Waals surface area contributed by atoms with Crippen molar-refractivity contribution < 1.29 is 35.6 Å². The van der Waals surface area contributed by atoms with Crippen molar-refractivity contribution in [1.82, 2.24) is 23.7 Å². The van der Waals surface area contributed by atoms with Gasteiger partial charge >= 0.3 is 12.1 Å². The molecular weight excluding hydrogens is 534 g/mol. The smallest absolute Gasteiger partial charge is 0.311 e. The zero-order chi connectivity index (χ0) is 27.8. The van der Waals surface area contributed by atoms with Crippen LogP contribution in [0.2, 0.25) is 0 Å². The van der Waals surface area contributed by atoms with Crippen LogP contribution in [-0.2, 0) is 21.2 Å². The standard InChI is InChI=1S/C23H23F4N5O5S/c1-15-18(13-16-5-3-4-6-19(16)24)21(33)31(32(15)37-22(34)23(25,26)27)20-8-7-17(14-28-20)38(35,36)30-11-9-29(2)10-12-30/h3-8,14H,9-13H2,1-2H3. The van der Waals surface area contributed by atoms with Crippen LogP contribution in [-0.4, -0.2) is 77.5 Å². The SMILES string of the molecule is Cc1c(Cc2ccccc2F)c(=O)n(-c2ccc(S(=O)(=O)N3CCN(C)CC3)cn2)n1OC(=O)C(F)(F)F. The molecule has 0 saturated carbocycles. The monoisotopic (exact) mass is 557 g/mol. The predicted octanol–water partition coefficient (Wildman–Crippen LogP) is 1.53. The number of pyridine rings is 1. The lowest BCUT2D eigenvalue weighted by atomic mass is 10.1. The van der Waals surface area contributed by atoms with Gasteiger partial charge in [0.05, 0.1) is 5.69 Å². The fourth-order valence-electron chi connectivity index (χ4n) is 3.93. The van der Waals surface area contributed by atoms with Crippen molar-refractivity contribution in [3.63, 3.8) is 0 Å². The van der Waals surface area contributed by atoms with Crippen molar-refractivity contribution in [3.8, 4) is 5.82 Å². The molecule has 0 aliphatic carbocycles. The number of benzene rings is 1. The number of carbonyl (C=O) groups excluding carboxylic acids is 1. The van der Waals surface area contributed by atoms with E-state index in [-0.39, 0.29) is 47.0 Å². The van der Waals surface area contributed by atoms with Gasteiger partial charge in [0.15, 0.2) is 5.82 Å². The third-order valence-corrected chi connectivity index (χ3v) is 8.00. The van der Waals surface area contributed by atoms with Crippen molar-refractivity contribution in [1.29, 1.82) is 0 Å². The van der Waals surface area contributed by atoms with E-state index in [4.69, 9.17) is 0 Å². The Morgan fingerprint density at radius 2 is 1.74 bits per heavy atom. The molecule has 1 saturated heterocycles. The van der Waals surface area contributed by atoms with Crippen molar-refractivity contribution in [2.45, 2.75) is 24.4 Å². The molecule has 10 nitrogen and oxygen atoms in total. The molecule has 1 aliphatic rings. The fraction of sp³-hybridized carbons (Fsp3) is 0.348. The third kappa shape index (κ3) is 5.35. The summed E-state index contributed by atoms with van der Waals surface area (Å²) in [6.45, 7) is 2.80. The van der Waals surface area contributed by atoms with Gasteiger partial charge in [-0.1, -0.05) is 18.2 Å². The topological polar surface area (TPSA) is 107 Å². The maximum absolute atomic E-state index is 14.2. The summed E-state index contributed by atoms with van der Waals surface area (Å²) >= 11 is 0. The van der Waals surface area contributed by atoms with Crippen LogP contribution in [0.3, 0.4) is 0 Å². The number of alkyl halides is 3. The lowest BCUT2D eigenvalue weighted by Crippen LogP contribution is -2.47. The van der Waals surface area contributed by atoms with Gasteiger partial charge in [0.1, 0.15) is 10.7 Å². The molecule has 0 amide bonds. The minimum absolute atomic E-state index is 0.0840. The summed E-state index contributed by atoms with van der Waals surface area (Å²) in [6, 6.07) is 7.76. The number of aromatic nitrogens is 3.